The number of nitrogens with two attached hydrogens (primary N) is 1. The zero-order valence-electron chi connectivity index (χ0n) is 21.8. The molecular formula is C29H37N7O. The molecule has 0 fully saturated rings. The Labute approximate surface area is 218 Å². The SMILES string of the molecule is CCCN(CCC)Cc1ccccc1-c1cc(CN(Cc2ncc[nH]2)Cc2ncc[nH]2)ccc1C(N)=O. The molecule has 8 heteroatoms. The molecule has 0 saturated heterocycles. The quantitative estimate of drug-likeness (QED) is 0.233. The van der Waals surface area contributed by atoms with Crippen molar-refractivity contribution >= 4 is 5.91 Å². The number of hydrogen-bond donors (Lipinski definition) is 3. The van der Waals surface area contributed by atoms with E-state index < -0.39 is 5.91 Å². The molecule has 0 aliphatic heterocycles. The molecule has 37 heavy (non-hydrogen) atoms. The molecule has 2 aromatic carbocycles. The van der Waals surface area contributed by atoms with E-state index in [1.165, 1.54) is 5.56 Å². The highest BCUT2D eigenvalue weighted by Gasteiger charge is 2.17. The summed E-state index contributed by atoms with van der Waals surface area (Å²) < 4.78 is 0. The van der Waals surface area contributed by atoms with Gasteiger partial charge in [0.25, 0.3) is 0 Å². The largest absolute Gasteiger partial charge is 0.366 e. The monoisotopic (exact) mass is 499 g/mol. The second-order valence-corrected chi connectivity index (χ2v) is 9.39. The number of carbonyl (C=O) groups excluding carboxylic acids is 1. The third-order valence-corrected chi connectivity index (χ3v) is 6.39. The van der Waals surface area contributed by atoms with E-state index in [1.54, 1.807) is 12.4 Å². The molecule has 0 aliphatic rings. The lowest BCUT2D eigenvalue weighted by molar-refractivity contribution is 0.100. The van der Waals surface area contributed by atoms with Gasteiger partial charge in [0.2, 0.25) is 5.91 Å². The van der Waals surface area contributed by atoms with E-state index in [0.717, 1.165) is 60.8 Å². The first-order valence-corrected chi connectivity index (χ1v) is 13.0. The summed E-state index contributed by atoms with van der Waals surface area (Å²) in [6.07, 6.45) is 9.39. The Kier molecular flexibility index (Phi) is 9.24. The van der Waals surface area contributed by atoms with Crippen molar-refractivity contribution in [1.29, 1.82) is 0 Å². The van der Waals surface area contributed by atoms with Crippen LogP contribution in [0, 0.1) is 0 Å². The van der Waals surface area contributed by atoms with Crippen molar-refractivity contribution in [2.75, 3.05) is 13.1 Å². The van der Waals surface area contributed by atoms with Crippen LogP contribution in [0.25, 0.3) is 11.1 Å². The Morgan fingerprint density at radius 3 is 2.03 bits per heavy atom. The van der Waals surface area contributed by atoms with E-state index >= 15 is 0 Å². The molecule has 0 radical (unpaired) electrons. The van der Waals surface area contributed by atoms with Crippen LogP contribution in [-0.4, -0.2) is 48.7 Å². The fraction of sp³-hybridized carbons (Fsp3) is 0.345. The molecule has 4 aromatic rings. The lowest BCUT2D eigenvalue weighted by atomic mass is 9.92. The molecule has 4 N–H and O–H groups in total. The highest BCUT2D eigenvalue weighted by Crippen LogP contribution is 2.30. The van der Waals surface area contributed by atoms with E-state index in [0.29, 0.717) is 25.2 Å². The van der Waals surface area contributed by atoms with Crippen molar-refractivity contribution in [2.24, 2.45) is 5.73 Å². The summed E-state index contributed by atoms with van der Waals surface area (Å²) in [5.41, 5.74) is 10.6. The smallest absolute Gasteiger partial charge is 0.249 e. The average Bonchev–Trinajstić information content (AvgIpc) is 3.59. The first-order valence-electron chi connectivity index (χ1n) is 13.0. The topological polar surface area (TPSA) is 107 Å². The van der Waals surface area contributed by atoms with Gasteiger partial charge in [-0.1, -0.05) is 44.2 Å². The highest BCUT2D eigenvalue weighted by atomic mass is 16.1. The Balaban J connectivity index is 1.66. The molecule has 2 heterocycles. The van der Waals surface area contributed by atoms with Gasteiger partial charge in [0, 0.05) is 43.4 Å². The van der Waals surface area contributed by atoms with Crippen LogP contribution in [0.15, 0.2) is 67.3 Å². The maximum Gasteiger partial charge on any atom is 0.249 e. The molecule has 8 nitrogen and oxygen atoms in total. The number of benzene rings is 2. The summed E-state index contributed by atoms with van der Waals surface area (Å²) >= 11 is 0. The van der Waals surface area contributed by atoms with Crippen molar-refractivity contribution < 1.29 is 4.79 Å². The number of aromatic nitrogens is 4. The number of H-pyrrole nitrogens is 2. The molecule has 0 atom stereocenters. The highest BCUT2D eigenvalue weighted by molar-refractivity contribution is 6.00. The van der Waals surface area contributed by atoms with Crippen molar-refractivity contribution in [1.82, 2.24) is 29.7 Å². The van der Waals surface area contributed by atoms with Gasteiger partial charge in [0.15, 0.2) is 0 Å². The minimum Gasteiger partial charge on any atom is -0.366 e. The van der Waals surface area contributed by atoms with Crippen molar-refractivity contribution in [3.05, 3.63) is 95.6 Å². The van der Waals surface area contributed by atoms with Crippen molar-refractivity contribution in [3.63, 3.8) is 0 Å². The molecule has 0 unspecified atom stereocenters. The van der Waals surface area contributed by atoms with Crippen LogP contribution in [-0.2, 0) is 26.2 Å². The third-order valence-electron chi connectivity index (χ3n) is 6.39. The minimum absolute atomic E-state index is 0.418. The van der Waals surface area contributed by atoms with Crippen LogP contribution in [0.4, 0.5) is 0 Å². The van der Waals surface area contributed by atoms with Crippen LogP contribution in [0.1, 0.15) is 59.8 Å². The first-order chi connectivity index (χ1) is 18.1. The summed E-state index contributed by atoms with van der Waals surface area (Å²) in [6, 6.07) is 14.3. The summed E-state index contributed by atoms with van der Waals surface area (Å²) in [5, 5.41) is 0. The maximum atomic E-state index is 12.5. The lowest BCUT2D eigenvalue weighted by Crippen LogP contribution is -2.25. The Bertz CT molecular complexity index is 1210. The fourth-order valence-corrected chi connectivity index (χ4v) is 4.81. The molecule has 4 rings (SSSR count). The molecule has 194 valence electrons. The van der Waals surface area contributed by atoms with E-state index in [2.05, 4.69) is 67.8 Å². The summed E-state index contributed by atoms with van der Waals surface area (Å²) in [5.74, 6) is 1.36. The van der Waals surface area contributed by atoms with Crippen LogP contribution in [0.3, 0.4) is 0 Å². The van der Waals surface area contributed by atoms with Crippen LogP contribution < -0.4 is 5.73 Å². The zero-order chi connectivity index (χ0) is 26.0. The van der Waals surface area contributed by atoms with Gasteiger partial charge in [0.1, 0.15) is 11.6 Å². The van der Waals surface area contributed by atoms with Gasteiger partial charge in [-0.2, -0.15) is 0 Å². The number of imidazole rings is 2. The lowest BCUT2D eigenvalue weighted by Gasteiger charge is -2.24. The summed E-state index contributed by atoms with van der Waals surface area (Å²) in [7, 11) is 0. The number of amides is 1. The van der Waals surface area contributed by atoms with E-state index in [-0.39, 0.29) is 0 Å². The van der Waals surface area contributed by atoms with Gasteiger partial charge in [-0.25, -0.2) is 9.97 Å². The van der Waals surface area contributed by atoms with Gasteiger partial charge in [0.05, 0.1) is 13.1 Å². The van der Waals surface area contributed by atoms with Gasteiger partial charge >= 0.3 is 0 Å². The van der Waals surface area contributed by atoms with Crippen LogP contribution >= 0.6 is 0 Å². The Morgan fingerprint density at radius 1 is 0.811 bits per heavy atom. The number of hydrogen-bond acceptors (Lipinski definition) is 5. The van der Waals surface area contributed by atoms with E-state index in [4.69, 9.17) is 5.73 Å². The predicted octanol–water partition coefficient (Wildman–Crippen LogP) is 4.72. The number of carbonyl (C=O) groups is 1. The van der Waals surface area contributed by atoms with Crippen LogP contribution in [0.2, 0.25) is 0 Å². The van der Waals surface area contributed by atoms with Gasteiger partial charge in [-0.15, -0.1) is 0 Å². The standard InChI is InChI=1S/C29H37N7O/c1-3-15-35(16-4-2)19-23-7-5-6-8-24(23)26-17-22(9-10-25(26)29(30)37)18-36(20-27-31-11-12-32-27)21-28-33-13-14-34-28/h5-14,17H,3-4,15-16,18-21H2,1-2H3,(H2,30,37)(H,31,32)(H,33,34). The number of nitrogens with zero attached hydrogens (tertiary/aromatic N) is 4. The number of rotatable bonds is 14. The Hall–Kier alpha value is -3.75. The molecule has 0 spiro atoms. The van der Waals surface area contributed by atoms with Gasteiger partial charge in [-0.05, 0) is 60.3 Å². The third kappa shape index (κ3) is 7.15. The molecular weight excluding hydrogens is 462 g/mol. The molecule has 2 aromatic heterocycles. The number of aromatic amines is 2. The number of primary amides is 1. The first kappa shape index (κ1) is 26.3. The van der Waals surface area contributed by atoms with Crippen molar-refractivity contribution in [2.45, 2.75) is 52.9 Å². The Morgan fingerprint density at radius 2 is 1.46 bits per heavy atom. The van der Waals surface area contributed by atoms with E-state index in [9.17, 15) is 4.79 Å². The minimum atomic E-state index is -0.418. The maximum absolute atomic E-state index is 12.5. The average molecular weight is 500 g/mol. The fourth-order valence-electron chi connectivity index (χ4n) is 4.81. The normalized spacial score (nSPS) is 11.5. The zero-order valence-corrected chi connectivity index (χ0v) is 21.8. The van der Waals surface area contributed by atoms with Gasteiger partial charge in [-0.3, -0.25) is 14.6 Å². The number of nitrogens with one attached hydrogen (secondary N) is 2. The predicted molar refractivity (Wildman–Crippen MR) is 146 cm³/mol. The summed E-state index contributed by atoms with van der Waals surface area (Å²) in [6.45, 7) is 9.27. The van der Waals surface area contributed by atoms with Gasteiger partial charge < -0.3 is 15.7 Å². The second kappa shape index (κ2) is 13.0. The molecule has 1 amide bonds. The van der Waals surface area contributed by atoms with Crippen LogP contribution in [0.5, 0.6) is 0 Å². The summed E-state index contributed by atoms with van der Waals surface area (Å²) in [4.78, 5) is 32.4. The molecule has 0 saturated carbocycles. The molecule has 0 bridgehead atoms. The van der Waals surface area contributed by atoms with E-state index in [1.807, 2.05) is 30.6 Å². The van der Waals surface area contributed by atoms with Crippen molar-refractivity contribution in [3.8, 4) is 11.1 Å². The second-order valence-electron chi connectivity index (χ2n) is 9.39. The molecule has 0 aliphatic carbocycles.